The van der Waals surface area contributed by atoms with Gasteiger partial charge < -0.3 is 19.5 Å². The molecule has 2 aliphatic heterocycles. The Labute approximate surface area is 138 Å². The van der Waals surface area contributed by atoms with Crippen LogP contribution >= 0.6 is 0 Å². The molecule has 4 heteroatoms. The zero-order valence-corrected chi connectivity index (χ0v) is 13.8. The van der Waals surface area contributed by atoms with Crippen LogP contribution in [0.4, 0.5) is 0 Å². The SMILES string of the molecule is c1ccc(C2(NCC3CCOC3)CCC3(CC2)OCCO3)cc1. The van der Waals surface area contributed by atoms with Crippen molar-refractivity contribution >= 4 is 0 Å². The molecule has 1 unspecified atom stereocenters. The molecule has 0 aromatic heterocycles. The fraction of sp³-hybridized carbons (Fsp3) is 0.684. The molecule has 1 N–H and O–H groups in total. The van der Waals surface area contributed by atoms with E-state index in [2.05, 4.69) is 35.6 Å². The van der Waals surface area contributed by atoms with Crippen LogP contribution in [0.2, 0.25) is 0 Å². The summed E-state index contributed by atoms with van der Waals surface area (Å²) in [7, 11) is 0. The van der Waals surface area contributed by atoms with E-state index in [1.54, 1.807) is 0 Å². The van der Waals surface area contributed by atoms with Gasteiger partial charge in [0, 0.05) is 31.5 Å². The van der Waals surface area contributed by atoms with Gasteiger partial charge in [-0.15, -0.1) is 0 Å². The molecule has 0 radical (unpaired) electrons. The molecule has 1 spiro atoms. The van der Waals surface area contributed by atoms with E-state index in [1.165, 1.54) is 12.0 Å². The van der Waals surface area contributed by atoms with Gasteiger partial charge in [0.05, 0.1) is 19.8 Å². The monoisotopic (exact) mass is 317 g/mol. The maximum Gasteiger partial charge on any atom is 0.168 e. The molecule has 0 bridgehead atoms. The standard InChI is InChI=1S/C19H27NO3/c1-2-4-17(5-3-1)18(20-14-16-6-11-21-15-16)7-9-19(10-8-18)22-12-13-23-19/h1-5,16,20H,6-15H2. The summed E-state index contributed by atoms with van der Waals surface area (Å²) in [6, 6.07) is 10.9. The molecular formula is C19H27NO3. The highest BCUT2D eigenvalue weighted by Gasteiger charge is 2.46. The minimum atomic E-state index is -0.309. The third kappa shape index (κ3) is 3.18. The van der Waals surface area contributed by atoms with Crippen LogP contribution in [0.1, 0.15) is 37.7 Å². The molecule has 23 heavy (non-hydrogen) atoms. The maximum absolute atomic E-state index is 5.92. The molecule has 3 aliphatic rings. The second-order valence-electron chi connectivity index (χ2n) is 7.17. The molecule has 1 aromatic carbocycles. The molecule has 1 aliphatic carbocycles. The average molecular weight is 317 g/mol. The molecule has 1 saturated carbocycles. The molecule has 4 nitrogen and oxygen atoms in total. The van der Waals surface area contributed by atoms with Crippen molar-refractivity contribution < 1.29 is 14.2 Å². The molecular weight excluding hydrogens is 290 g/mol. The van der Waals surface area contributed by atoms with Gasteiger partial charge in [-0.05, 0) is 30.7 Å². The number of hydrogen-bond acceptors (Lipinski definition) is 4. The van der Waals surface area contributed by atoms with Gasteiger partial charge in [-0.25, -0.2) is 0 Å². The van der Waals surface area contributed by atoms with E-state index < -0.39 is 0 Å². The Balaban J connectivity index is 1.50. The highest BCUT2D eigenvalue weighted by Crippen LogP contribution is 2.45. The van der Waals surface area contributed by atoms with Gasteiger partial charge in [0.25, 0.3) is 0 Å². The van der Waals surface area contributed by atoms with E-state index in [0.29, 0.717) is 5.92 Å². The molecule has 3 fully saturated rings. The lowest BCUT2D eigenvalue weighted by Crippen LogP contribution is -2.51. The van der Waals surface area contributed by atoms with Gasteiger partial charge in [-0.2, -0.15) is 0 Å². The molecule has 126 valence electrons. The molecule has 1 atom stereocenters. The maximum atomic E-state index is 5.92. The summed E-state index contributed by atoms with van der Waals surface area (Å²) in [5.41, 5.74) is 1.44. The van der Waals surface area contributed by atoms with E-state index in [4.69, 9.17) is 14.2 Å². The summed E-state index contributed by atoms with van der Waals surface area (Å²) < 4.78 is 17.4. The van der Waals surface area contributed by atoms with Crippen LogP contribution in [0, 0.1) is 5.92 Å². The Kier molecular flexibility index (Phi) is 4.41. The van der Waals surface area contributed by atoms with Crippen molar-refractivity contribution in [1.29, 1.82) is 0 Å². The fourth-order valence-corrected chi connectivity index (χ4v) is 4.25. The Morgan fingerprint density at radius 2 is 1.70 bits per heavy atom. The second kappa shape index (κ2) is 6.52. The third-order valence-corrected chi connectivity index (χ3v) is 5.76. The van der Waals surface area contributed by atoms with Crippen LogP contribution in [0.15, 0.2) is 30.3 Å². The van der Waals surface area contributed by atoms with E-state index in [1.807, 2.05) is 0 Å². The minimum absolute atomic E-state index is 0.0460. The average Bonchev–Trinajstić information content (AvgIpc) is 3.28. The molecule has 0 amide bonds. The topological polar surface area (TPSA) is 39.7 Å². The fourth-order valence-electron chi connectivity index (χ4n) is 4.25. The summed E-state index contributed by atoms with van der Waals surface area (Å²) >= 11 is 0. The van der Waals surface area contributed by atoms with Gasteiger partial charge in [-0.1, -0.05) is 30.3 Å². The van der Waals surface area contributed by atoms with Gasteiger partial charge >= 0.3 is 0 Å². The largest absolute Gasteiger partial charge is 0.381 e. The predicted octanol–water partition coefficient (Wildman–Crippen LogP) is 2.83. The quantitative estimate of drug-likeness (QED) is 0.927. The number of nitrogens with one attached hydrogen (secondary N) is 1. The smallest absolute Gasteiger partial charge is 0.168 e. The Morgan fingerprint density at radius 3 is 2.35 bits per heavy atom. The Bertz CT molecular complexity index is 491. The molecule has 4 rings (SSSR count). The first kappa shape index (κ1) is 15.6. The van der Waals surface area contributed by atoms with Gasteiger partial charge in [-0.3, -0.25) is 0 Å². The number of hydrogen-bond donors (Lipinski definition) is 1. The highest BCUT2D eigenvalue weighted by molar-refractivity contribution is 5.25. The van der Waals surface area contributed by atoms with Crippen LogP contribution in [-0.4, -0.2) is 38.8 Å². The van der Waals surface area contributed by atoms with Crippen molar-refractivity contribution in [1.82, 2.24) is 5.32 Å². The summed E-state index contributed by atoms with van der Waals surface area (Å²) in [4.78, 5) is 0. The number of rotatable bonds is 4. The van der Waals surface area contributed by atoms with Crippen molar-refractivity contribution in [3.05, 3.63) is 35.9 Å². The van der Waals surface area contributed by atoms with Crippen molar-refractivity contribution in [2.45, 2.75) is 43.4 Å². The lowest BCUT2D eigenvalue weighted by atomic mass is 9.74. The van der Waals surface area contributed by atoms with E-state index in [0.717, 1.165) is 58.7 Å². The van der Waals surface area contributed by atoms with E-state index in [9.17, 15) is 0 Å². The Hall–Kier alpha value is -0.940. The van der Waals surface area contributed by atoms with Crippen LogP contribution in [-0.2, 0) is 19.7 Å². The third-order valence-electron chi connectivity index (χ3n) is 5.76. The molecule has 2 saturated heterocycles. The highest BCUT2D eigenvalue weighted by atomic mass is 16.7. The molecule has 2 heterocycles. The summed E-state index contributed by atoms with van der Waals surface area (Å²) in [5, 5.41) is 3.91. The van der Waals surface area contributed by atoms with Gasteiger partial charge in [0.2, 0.25) is 0 Å². The van der Waals surface area contributed by atoms with Crippen LogP contribution < -0.4 is 5.32 Å². The van der Waals surface area contributed by atoms with Crippen LogP contribution in [0.25, 0.3) is 0 Å². The van der Waals surface area contributed by atoms with E-state index >= 15 is 0 Å². The number of ether oxygens (including phenoxy) is 3. The summed E-state index contributed by atoms with van der Waals surface area (Å²) in [6.07, 6.45) is 5.23. The summed E-state index contributed by atoms with van der Waals surface area (Å²) in [6.45, 7) is 4.32. The normalized spacial score (nSPS) is 29.1. The van der Waals surface area contributed by atoms with Crippen LogP contribution in [0.5, 0.6) is 0 Å². The first-order valence-electron chi connectivity index (χ1n) is 8.97. The second-order valence-corrected chi connectivity index (χ2v) is 7.17. The summed E-state index contributed by atoms with van der Waals surface area (Å²) in [5.74, 6) is 0.335. The first-order chi connectivity index (χ1) is 11.3. The lowest BCUT2D eigenvalue weighted by molar-refractivity contribution is -0.187. The van der Waals surface area contributed by atoms with Crippen molar-refractivity contribution in [3.8, 4) is 0 Å². The predicted molar refractivity (Wildman–Crippen MR) is 88.2 cm³/mol. The number of benzene rings is 1. The zero-order chi connectivity index (χ0) is 15.6. The van der Waals surface area contributed by atoms with Crippen LogP contribution in [0.3, 0.4) is 0 Å². The van der Waals surface area contributed by atoms with Crippen molar-refractivity contribution in [3.63, 3.8) is 0 Å². The van der Waals surface area contributed by atoms with Gasteiger partial charge in [0.15, 0.2) is 5.79 Å². The van der Waals surface area contributed by atoms with Crippen molar-refractivity contribution in [2.75, 3.05) is 33.0 Å². The molecule has 1 aromatic rings. The minimum Gasteiger partial charge on any atom is -0.381 e. The van der Waals surface area contributed by atoms with E-state index in [-0.39, 0.29) is 11.3 Å². The lowest BCUT2D eigenvalue weighted by Gasteiger charge is -2.45. The first-order valence-corrected chi connectivity index (χ1v) is 8.97. The Morgan fingerprint density at radius 1 is 0.957 bits per heavy atom. The van der Waals surface area contributed by atoms with Crippen molar-refractivity contribution in [2.24, 2.45) is 5.92 Å². The zero-order valence-electron chi connectivity index (χ0n) is 13.8. The van der Waals surface area contributed by atoms with Gasteiger partial charge in [0.1, 0.15) is 0 Å².